The summed E-state index contributed by atoms with van der Waals surface area (Å²) in [6.45, 7) is 9.89. The topological polar surface area (TPSA) is 62.2 Å². The number of nitrogens with zero attached hydrogens (tertiary/aromatic N) is 3. The molecule has 6 nitrogen and oxygen atoms in total. The van der Waals surface area contributed by atoms with Gasteiger partial charge in [-0.25, -0.2) is 4.98 Å². The summed E-state index contributed by atoms with van der Waals surface area (Å²) >= 11 is 6.15. The van der Waals surface area contributed by atoms with Crippen molar-refractivity contribution in [3.05, 3.63) is 46.9 Å². The maximum Gasteiger partial charge on any atom is 0.242 e. The zero-order valence-electron chi connectivity index (χ0n) is 19.5. The summed E-state index contributed by atoms with van der Waals surface area (Å²) in [5.41, 5.74) is 2.53. The summed E-state index contributed by atoms with van der Waals surface area (Å²) < 4.78 is 2.13. The second-order valence-electron chi connectivity index (χ2n) is 9.98. The van der Waals surface area contributed by atoms with Crippen LogP contribution < -0.4 is 10.6 Å². The Kier molecular flexibility index (Phi) is 7.23. The van der Waals surface area contributed by atoms with Gasteiger partial charge in [-0.3, -0.25) is 4.79 Å². The van der Waals surface area contributed by atoms with E-state index in [1.54, 1.807) is 0 Å². The molecule has 4 rings (SSSR count). The fourth-order valence-corrected chi connectivity index (χ4v) is 5.26. The average molecular weight is 458 g/mol. The third kappa shape index (κ3) is 5.53. The fraction of sp³-hybridized carbons (Fsp3) is 0.600. The second kappa shape index (κ2) is 9.94. The van der Waals surface area contributed by atoms with Crippen LogP contribution in [0.2, 0.25) is 5.02 Å². The monoisotopic (exact) mass is 457 g/mol. The summed E-state index contributed by atoms with van der Waals surface area (Å²) in [7, 11) is 0. The van der Waals surface area contributed by atoms with E-state index in [0.717, 1.165) is 37.3 Å². The van der Waals surface area contributed by atoms with Crippen molar-refractivity contribution in [1.29, 1.82) is 0 Å². The first-order valence-electron chi connectivity index (χ1n) is 11.9. The number of halogens is 1. The van der Waals surface area contributed by atoms with Crippen molar-refractivity contribution >= 4 is 23.3 Å². The largest absolute Gasteiger partial charge is 0.328 e. The number of nitrogens with one attached hydrogen (secondary N) is 2. The molecule has 2 atom stereocenters. The molecule has 2 unspecified atom stereocenters. The van der Waals surface area contributed by atoms with Crippen LogP contribution in [0.25, 0.3) is 0 Å². The van der Waals surface area contributed by atoms with Crippen molar-refractivity contribution in [1.82, 2.24) is 19.8 Å². The number of anilines is 1. The molecule has 32 heavy (non-hydrogen) atoms. The van der Waals surface area contributed by atoms with Gasteiger partial charge in [0.25, 0.3) is 0 Å². The Hall–Kier alpha value is -1.89. The van der Waals surface area contributed by atoms with Crippen LogP contribution in [0.4, 0.5) is 5.82 Å². The minimum absolute atomic E-state index is 0.0107. The van der Waals surface area contributed by atoms with Crippen molar-refractivity contribution in [3.63, 3.8) is 0 Å². The van der Waals surface area contributed by atoms with Crippen molar-refractivity contribution in [2.75, 3.05) is 25.0 Å². The number of benzene rings is 1. The normalized spacial score (nSPS) is 19.8. The van der Waals surface area contributed by atoms with Crippen molar-refractivity contribution < 1.29 is 4.79 Å². The van der Waals surface area contributed by atoms with Crippen LogP contribution in [0.1, 0.15) is 57.6 Å². The van der Waals surface area contributed by atoms with E-state index in [4.69, 9.17) is 11.6 Å². The van der Waals surface area contributed by atoms with E-state index >= 15 is 0 Å². The lowest BCUT2D eigenvalue weighted by Crippen LogP contribution is -2.46. The van der Waals surface area contributed by atoms with Gasteiger partial charge in [-0.1, -0.05) is 31.0 Å². The number of rotatable bonds is 9. The van der Waals surface area contributed by atoms with Crippen LogP contribution in [-0.4, -0.2) is 52.1 Å². The number of imidazole rings is 1. The first kappa shape index (κ1) is 23.3. The Labute approximate surface area is 196 Å². The predicted octanol–water partition coefficient (Wildman–Crippen LogP) is 4.23. The van der Waals surface area contributed by atoms with Gasteiger partial charge in [0.1, 0.15) is 0 Å². The van der Waals surface area contributed by atoms with Crippen LogP contribution in [-0.2, 0) is 23.2 Å². The van der Waals surface area contributed by atoms with Gasteiger partial charge < -0.3 is 20.1 Å². The average Bonchev–Trinajstić information content (AvgIpc) is 3.48. The van der Waals surface area contributed by atoms with Crippen LogP contribution in [0, 0.1) is 0 Å². The Morgan fingerprint density at radius 2 is 2.00 bits per heavy atom. The molecule has 174 valence electrons. The third-order valence-electron chi connectivity index (χ3n) is 6.77. The first-order chi connectivity index (χ1) is 15.3. The van der Waals surface area contributed by atoms with Gasteiger partial charge in [0.15, 0.2) is 5.82 Å². The quantitative estimate of drug-likeness (QED) is 0.591. The molecule has 1 aromatic heterocycles. The molecule has 1 aromatic carbocycles. The lowest BCUT2D eigenvalue weighted by Gasteiger charge is -2.31. The number of hydrogen-bond donors (Lipinski definition) is 2. The van der Waals surface area contributed by atoms with E-state index in [9.17, 15) is 4.79 Å². The van der Waals surface area contributed by atoms with Crippen molar-refractivity contribution in [2.24, 2.45) is 0 Å². The maximum absolute atomic E-state index is 13.1. The van der Waals surface area contributed by atoms with E-state index in [-0.39, 0.29) is 23.5 Å². The third-order valence-corrected chi connectivity index (χ3v) is 7.01. The summed E-state index contributed by atoms with van der Waals surface area (Å²) in [6.07, 6.45) is 9.94. The maximum atomic E-state index is 13.1. The Balaban J connectivity index is 1.36. The molecule has 1 amide bonds. The minimum Gasteiger partial charge on any atom is -0.328 e. The molecule has 2 heterocycles. The zero-order chi connectivity index (χ0) is 22.7. The highest BCUT2D eigenvalue weighted by molar-refractivity contribution is 6.30. The van der Waals surface area contributed by atoms with E-state index in [1.807, 2.05) is 24.7 Å². The number of fused-ring (bicyclic) bond motifs is 1. The highest BCUT2D eigenvalue weighted by atomic mass is 35.5. The van der Waals surface area contributed by atoms with Gasteiger partial charge in [-0.2, -0.15) is 0 Å². The Bertz CT molecular complexity index is 934. The summed E-state index contributed by atoms with van der Waals surface area (Å²) in [4.78, 5) is 20.1. The van der Waals surface area contributed by atoms with Gasteiger partial charge in [0, 0.05) is 23.8 Å². The molecule has 7 heteroatoms. The smallest absolute Gasteiger partial charge is 0.242 e. The molecule has 0 bridgehead atoms. The highest BCUT2D eigenvalue weighted by Gasteiger charge is 2.28. The first-order valence-corrected chi connectivity index (χ1v) is 12.3. The zero-order valence-corrected chi connectivity index (χ0v) is 20.3. The molecule has 0 radical (unpaired) electrons. The molecular formula is C25H36ClN5O. The number of hydrogen-bond acceptors (Lipinski definition) is 4. The predicted molar refractivity (Wildman–Crippen MR) is 130 cm³/mol. The molecule has 2 aromatic rings. The SMILES string of the molecule is CCCC(NC1Cc2ccc(Cl)cc2C1)C(=O)Nc1cn(C(C)(C)CN2CCCC2)cn1. The molecule has 1 aliphatic heterocycles. The molecule has 0 spiro atoms. The van der Waals surface area contributed by atoms with E-state index < -0.39 is 0 Å². The van der Waals surface area contributed by atoms with Gasteiger partial charge >= 0.3 is 0 Å². The van der Waals surface area contributed by atoms with Gasteiger partial charge in [0.2, 0.25) is 5.91 Å². The van der Waals surface area contributed by atoms with Gasteiger partial charge in [-0.15, -0.1) is 0 Å². The molecule has 1 aliphatic carbocycles. The van der Waals surface area contributed by atoms with E-state index in [1.165, 1.54) is 37.1 Å². The Morgan fingerprint density at radius 1 is 1.25 bits per heavy atom. The minimum atomic E-state index is -0.238. The second-order valence-corrected chi connectivity index (χ2v) is 10.4. The number of carbonyl (C=O) groups excluding carboxylic acids is 1. The van der Waals surface area contributed by atoms with Crippen LogP contribution in [0.5, 0.6) is 0 Å². The van der Waals surface area contributed by atoms with Crippen LogP contribution >= 0.6 is 11.6 Å². The number of amides is 1. The lowest BCUT2D eigenvalue weighted by atomic mass is 10.1. The molecule has 0 saturated carbocycles. The van der Waals surface area contributed by atoms with Crippen molar-refractivity contribution in [3.8, 4) is 0 Å². The molecule has 2 N–H and O–H groups in total. The standard InChI is InChI=1S/C25H36ClN5O/c1-4-7-22(28-21-13-18-8-9-20(26)12-19(18)14-21)24(32)29-23-15-31(17-27-23)25(2,3)16-30-10-5-6-11-30/h8-9,12,15,17,21-22,28H,4-7,10-11,13-14,16H2,1-3H3,(H,29,32). The highest BCUT2D eigenvalue weighted by Crippen LogP contribution is 2.26. The van der Waals surface area contributed by atoms with Crippen LogP contribution in [0.15, 0.2) is 30.7 Å². The molecule has 2 aliphatic rings. The summed E-state index contributed by atoms with van der Waals surface area (Å²) in [5, 5.41) is 7.41. The van der Waals surface area contributed by atoms with Crippen LogP contribution in [0.3, 0.4) is 0 Å². The molecular weight excluding hydrogens is 422 g/mol. The van der Waals surface area contributed by atoms with E-state index in [0.29, 0.717) is 5.82 Å². The number of carbonyl (C=O) groups is 1. The molecule has 1 fully saturated rings. The lowest BCUT2D eigenvalue weighted by molar-refractivity contribution is -0.118. The summed E-state index contributed by atoms with van der Waals surface area (Å²) in [5.74, 6) is 0.609. The summed E-state index contributed by atoms with van der Waals surface area (Å²) in [6, 6.07) is 6.11. The van der Waals surface area contributed by atoms with E-state index in [2.05, 4.69) is 51.9 Å². The number of likely N-dealkylation sites (tertiary alicyclic amines) is 1. The van der Waals surface area contributed by atoms with Crippen molar-refractivity contribution in [2.45, 2.75) is 76.9 Å². The Morgan fingerprint density at radius 3 is 2.75 bits per heavy atom. The fourth-order valence-electron chi connectivity index (χ4n) is 5.07. The van der Waals surface area contributed by atoms with Gasteiger partial charge in [0.05, 0.1) is 17.9 Å². The molecule has 1 saturated heterocycles. The van der Waals surface area contributed by atoms with Gasteiger partial charge in [-0.05, 0) is 82.3 Å². The number of aromatic nitrogens is 2.